The minimum absolute atomic E-state index is 0.0296. The van der Waals surface area contributed by atoms with Gasteiger partial charge in [-0.2, -0.15) is 13.2 Å². The molecule has 2 unspecified atom stereocenters. The van der Waals surface area contributed by atoms with E-state index in [4.69, 9.17) is 23.2 Å². The largest absolute Gasteiger partial charge is 0.418 e. The molecule has 2 N–H and O–H groups in total. The Bertz CT molecular complexity index is 1290. The number of nitrogens with zero attached hydrogens (tertiary/aromatic N) is 2. The van der Waals surface area contributed by atoms with Gasteiger partial charge in [0.2, 0.25) is 17.7 Å². The van der Waals surface area contributed by atoms with E-state index in [1.165, 1.54) is 23.1 Å². The van der Waals surface area contributed by atoms with Crippen LogP contribution in [0.3, 0.4) is 0 Å². The molecule has 0 radical (unpaired) electrons. The van der Waals surface area contributed by atoms with Crippen LogP contribution in [0.4, 0.5) is 23.7 Å². The Kier molecular flexibility index (Phi) is 8.70. The molecule has 1 saturated carbocycles. The third kappa shape index (κ3) is 6.65. The number of imide groups is 1. The van der Waals surface area contributed by atoms with E-state index in [9.17, 15) is 32.3 Å². The van der Waals surface area contributed by atoms with E-state index < -0.39 is 66.2 Å². The first-order chi connectivity index (χ1) is 18.5. The monoisotopic (exact) mass is 584 g/mol. The maximum absolute atomic E-state index is 13.4. The van der Waals surface area contributed by atoms with Gasteiger partial charge in [0, 0.05) is 22.6 Å². The van der Waals surface area contributed by atoms with Crippen LogP contribution in [0, 0.1) is 5.92 Å². The van der Waals surface area contributed by atoms with Crippen molar-refractivity contribution in [1.29, 1.82) is 0 Å². The van der Waals surface area contributed by atoms with Crippen LogP contribution in [-0.2, 0) is 27.1 Å². The molecule has 0 aromatic heterocycles. The van der Waals surface area contributed by atoms with Gasteiger partial charge in [-0.15, -0.1) is 0 Å². The zero-order valence-electron chi connectivity index (χ0n) is 20.6. The predicted molar refractivity (Wildman–Crippen MR) is 138 cm³/mol. The number of amides is 5. The van der Waals surface area contributed by atoms with Gasteiger partial charge in [-0.05, 0) is 42.7 Å². The number of nitrogens with one attached hydrogen (secondary N) is 2. The summed E-state index contributed by atoms with van der Waals surface area (Å²) in [5.41, 5.74) is -0.878. The smallest absolute Gasteiger partial charge is 0.350 e. The van der Waals surface area contributed by atoms with E-state index in [1.54, 1.807) is 12.1 Å². The quantitative estimate of drug-likeness (QED) is 0.473. The molecule has 0 spiro atoms. The van der Waals surface area contributed by atoms with Crippen molar-refractivity contribution in [3.63, 3.8) is 0 Å². The molecule has 4 rings (SSSR count). The Morgan fingerprint density at radius 3 is 2.41 bits per heavy atom. The van der Waals surface area contributed by atoms with E-state index in [0.717, 1.165) is 29.9 Å². The third-order valence-corrected chi connectivity index (χ3v) is 7.39. The first-order valence-corrected chi connectivity index (χ1v) is 13.0. The highest BCUT2D eigenvalue weighted by Crippen LogP contribution is 2.36. The molecule has 2 aliphatic rings. The van der Waals surface area contributed by atoms with Crippen LogP contribution in [0.2, 0.25) is 10.0 Å². The van der Waals surface area contributed by atoms with E-state index in [1.807, 2.05) is 0 Å². The number of carbonyl (C=O) groups excluding carboxylic acids is 4. The fourth-order valence-corrected chi connectivity index (χ4v) is 5.41. The van der Waals surface area contributed by atoms with Gasteiger partial charge in [0.1, 0.15) is 13.1 Å². The lowest BCUT2D eigenvalue weighted by Gasteiger charge is -2.46. The summed E-state index contributed by atoms with van der Waals surface area (Å²) in [5.74, 6) is -2.60. The fraction of sp³-hybridized carbons (Fsp3) is 0.385. The van der Waals surface area contributed by atoms with E-state index in [2.05, 4.69) is 10.6 Å². The van der Waals surface area contributed by atoms with Crippen LogP contribution in [0.1, 0.15) is 36.8 Å². The molecular formula is C26H25Cl2F3N4O4. The van der Waals surface area contributed by atoms with Crippen molar-refractivity contribution >= 4 is 52.6 Å². The summed E-state index contributed by atoms with van der Waals surface area (Å²) < 4.78 is 40.1. The van der Waals surface area contributed by atoms with Crippen LogP contribution in [0.5, 0.6) is 0 Å². The number of urea groups is 1. The van der Waals surface area contributed by atoms with Gasteiger partial charge in [0.15, 0.2) is 0 Å². The first-order valence-electron chi connectivity index (χ1n) is 12.2. The Labute approximate surface area is 232 Å². The summed E-state index contributed by atoms with van der Waals surface area (Å²) in [7, 11) is 0. The molecule has 2 aromatic rings. The number of fused-ring (bicyclic) bond motifs is 1. The molecule has 2 aromatic carbocycles. The van der Waals surface area contributed by atoms with Crippen LogP contribution < -0.4 is 10.6 Å². The average molecular weight is 585 g/mol. The number of para-hydroxylation sites is 1. The number of halogens is 5. The van der Waals surface area contributed by atoms with Gasteiger partial charge in [-0.25, -0.2) is 4.79 Å². The van der Waals surface area contributed by atoms with Crippen LogP contribution in [0.15, 0.2) is 42.5 Å². The van der Waals surface area contributed by atoms with Crippen molar-refractivity contribution in [2.75, 3.05) is 18.4 Å². The summed E-state index contributed by atoms with van der Waals surface area (Å²) in [6, 6.07) is 7.83. The zero-order valence-corrected chi connectivity index (χ0v) is 22.1. The molecule has 13 heteroatoms. The Hall–Kier alpha value is -3.31. The predicted octanol–water partition coefficient (Wildman–Crippen LogP) is 5.09. The van der Waals surface area contributed by atoms with Gasteiger partial charge < -0.3 is 15.5 Å². The highest BCUT2D eigenvalue weighted by molar-refractivity contribution is 6.35. The lowest BCUT2D eigenvalue weighted by molar-refractivity contribution is -0.144. The molecular weight excluding hydrogens is 560 g/mol. The third-order valence-electron chi connectivity index (χ3n) is 6.80. The molecule has 2 fully saturated rings. The molecule has 0 bridgehead atoms. The number of benzene rings is 2. The second-order valence-corrected chi connectivity index (χ2v) is 10.2. The van der Waals surface area contributed by atoms with Gasteiger partial charge >= 0.3 is 12.2 Å². The number of hydrogen-bond acceptors (Lipinski definition) is 4. The van der Waals surface area contributed by atoms with Crippen molar-refractivity contribution < 1.29 is 32.3 Å². The normalized spacial score (nSPS) is 19.5. The van der Waals surface area contributed by atoms with E-state index in [-0.39, 0.29) is 6.54 Å². The van der Waals surface area contributed by atoms with Crippen molar-refractivity contribution in [3.05, 3.63) is 63.6 Å². The van der Waals surface area contributed by atoms with Gasteiger partial charge in [0.25, 0.3) is 0 Å². The first kappa shape index (κ1) is 28.7. The van der Waals surface area contributed by atoms with Crippen LogP contribution in [0.25, 0.3) is 0 Å². The lowest BCUT2D eigenvalue weighted by atomic mass is 9.81. The molecule has 2 atom stereocenters. The summed E-state index contributed by atoms with van der Waals surface area (Å²) >= 11 is 12.0. The summed E-state index contributed by atoms with van der Waals surface area (Å²) in [6.07, 6.45) is -2.31. The van der Waals surface area contributed by atoms with Gasteiger partial charge in [-0.1, -0.05) is 54.2 Å². The molecule has 1 aliphatic carbocycles. The second-order valence-electron chi connectivity index (χ2n) is 9.40. The Morgan fingerprint density at radius 2 is 1.69 bits per heavy atom. The standard InChI is InChI=1S/C26H25Cl2F3N4O4/c27-16-10-9-15(19(28)11-16)12-32-22(36)13-35-24(38)17-5-1-4-8-21(17)34(25(35)39)14-23(37)33-20-7-3-2-6-18(20)26(29,30)31/h2-3,6-7,9-11,17,21H,1,4-5,8,12-14H2,(H,32,36)(H,33,37). The summed E-state index contributed by atoms with van der Waals surface area (Å²) in [4.78, 5) is 54.0. The summed E-state index contributed by atoms with van der Waals surface area (Å²) in [6.45, 7) is -1.12. The van der Waals surface area contributed by atoms with Crippen molar-refractivity contribution in [3.8, 4) is 0 Å². The van der Waals surface area contributed by atoms with Gasteiger partial charge in [0.05, 0.1) is 17.2 Å². The number of rotatable bonds is 7. The van der Waals surface area contributed by atoms with Crippen molar-refractivity contribution in [2.24, 2.45) is 5.92 Å². The number of carbonyl (C=O) groups is 4. The van der Waals surface area contributed by atoms with Crippen molar-refractivity contribution in [1.82, 2.24) is 15.1 Å². The number of anilines is 1. The Balaban J connectivity index is 1.47. The van der Waals surface area contributed by atoms with Gasteiger partial charge in [-0.3, -0.25) is 19.3 Å². The highest BCUT2D eigenvalue weighted by atomic mass is 35.5. The number of hydrogen-bond donors (Lipinski definition) is 2. The average Bonchev–Trinajstić information content (AvgIpc) is 2.88. The highest BCUT2D eigenvalue weighted by Gasteiger charge is 2.48. The Morgan fingerprint density at radius 1 is 0.974 bits per heavy atom. The fourth-order valence-electron chi connectivity index (χ4n) is 4.94. The maximum atomic E-state index is 13.4. The van der Waals surface area contributed by atoms with E-state index in [0.29, 0.717) is 28.5 Å². The maximum Gasteiger partial charge on any atom is 0.418 e. The lowest BCUT2D eigenvalue weighted by Crippen LogP contribution is -2.64. The number of alkyl halides is 3. The van der Waals surface area contributed by atoms with E-state index >= 15 is 0 Å². The molecule has 1 aliphatic heterocycles. The SMILES string of the molecule is O=C(CN1C(=O)C2CCCCC2N(CC(=O)Nc2ccccc2C(F)(F)F)C1=O)NCc1ccc(Cl)cc1Cl. The zero-order chi connectivity index (χ0) is 28.3. The molecule has 1 saturated heterocycles. The molecule has 8 nitrogen and oxygen atoms in total. The van der Waals surface area contributed by atoms with Crippen molar-refractivity contribution in [2.45, 2.75) is 44.4 Å². The minimum atomic E-state index is -4.69. The summed E-state index contributed by atoms with van der Waals surface area (Å²) in [5, 5.41) is 5.61. The minimum Gasteiger partial charge on any atom is -0.350 e. The van der Waals surface area contributed by atoms with Crippen LogP contribution >= 0.6 is 23.2 Å². The van der Waals surface area contributed by atoms with Crippen LogP contribution in [-0.4, -0.2) is 52.7 Å². The second kappa shape index (κ2) is 11.8. The molecule has 1 heterocycles. The molecule has 39 heavy (non-hydrogen) atoms. The molecule has 208 valence electrons. The molecule has 5 amide bonds. The topological polar surface area (TPSA) is 98.8 Å².